The second kappa shape index (κ2) is 9.17. The molecule has 0 atom stereocenters. The smallest absolute Gasteiger partial charge is 0.261 e. The van der Waals surface area contributed by atoms with Gasteiger partial charge in [-0.25, -0.2) is 9.97 Å². The molecule has 2 fully saturated rings. The highest BCUT2D eigenvalue weighted by atomic mass is 32.1. The Bertz CT molecular complexity index is 1070. The molecule has 1 aliphatic carbocycles. The monoisotopic (exact) mass is 455 g/mol. The Labute approximate surface area is 191 Å². The van der Waals surface area contributed by atoms with Gasteiger partial charge in [-0.1, -0.05) is 12.8 Å². The normalized spacial score (nSPS) is 18.8. The van der Waals surface area contributed by atoms with E-state index in [1.807, 2.05) is 19.1 Å². The average molecular weight is 456 g/mol. The number of thiophene rings is 1. The summed E-state index contributed by atoms with van der Waals surface area (Å²) in [6.45, 7) is 6.61. The van der Waals surface area contributed by atoms with Gasteiger partial charge in [-0.15, -0.1) is 11.3 Å². The lowest BCUT2D eigenvalue weighted by Crippen LogP contribution is -2.57. The minimum absolute atomic E-state index is 0.0259. The van der Waals surface area contributed by atoms with E-state index in [4.69, 9.17) is 9.15 Å². The quantitative estimate of drug-likeness (QED) is 0.562. The van der Waals surface area contributed by atoms with Gasteiger partial charge >= 0.3 is 0 Å². The highest BCUT2D eigenvalue weighted by Gasteiger charge is 2.40. The van der Waals surface area contributed by atoms with Crippen molar-refractivity contribution in [2.75, 3.05) is 38.2 Å². The summed E-state index contributed by atoms with van der Waals surface area (Å²) in [6.07, 6.45) is 7.89. The predicted molar refractivity (Wildman–Crippen MR) is 124 cm³/mol. The van der Waals surface area contributed by atoms with E-state index < -0.39 is 0 Å². The Balaban J connectivity index is 1.33. The van der Waals surface area contributed by atoms with Crippen molar-refractivity contribution in [3.63, 3.8) is 0 Å². The van der Waals surface area contributed by atoms with E-state index in [1.54, 1.807) is 6.26 Å². The molecule has 0 unspecified atom stereocenters. The molecule has 32 heavy (non-hydrogen) atoms. The van der Waals surface area contributed by atoms with E-state index in [1.165, 1.54) is 30.5 Å². The Morgan fingerprint density at radius 2 is 2.06 bits per heavy atom. The minimum Gasteiger partial charge on any atom is -0.467 e. The molecule has 0 spiro atoms. The molecule has 3 aromatic heterocycles. The number of hydrogen-bond donors (Lipinski definition) is 2. The van der Waals surface area contributed by atoms with Gasteiger partial charge in [0.2, 0.25) is 0 Å². The number of hydrogen-bond acceptors (Lipinski definition) is 8. The number of carbonyl (C=O) groups excluding carboxylic acids is 1. The van der Waals surface area contributed by atoms with Gasteiger partial charge in [0.1, 0.15) is 22.7 Å². The molecule has 1 saturated heterocycles. The van der Waals surface area contributed by atoms with E-state index in [0.29, 0.717) is 18.0 Å². The van der Waals surface area contributed by atoms with Crippen LogP contribution in [-0.4, -0.2) is 59.2 Å². The molecular formula is C23H29N5O3S. The first-order chi connectivity index (χ1) is 15.7. The fourth-order valence-corrected chi connectivity index (χ4v) is 6.07. The zero-order valence-electron chi connectivity index (χ0n) is 18.4. The molecule has 4 heterocycles. The van der Waals surface area contributed by atoms with Crippen LogP contribution in [0.1, 0.15) is 46.7 Å². The second-order valence-electron chi connectivity index (χ2n) is 8.61. The molecule has 170 valence electrons. The number of furan rings is 1. The van der Waals surface area contributed by atoms with Crippen LogP contribution in [0.5, 0.6) is 0 Å². The third-order valence-corrected chi connectivity index (χ3v) is 7.94. The molecule has 0 aromatic carbocycles. The molecule has 0 bridgehead atoms. The Morgan fingerprint density at radius 3 is 2.81 bits per heavy atom. The van der Waals surface area contributed by atoms with Gasteiger partial charge in [-0.05, 0) is 37.5 Å². The standard InChI is InChI=1S/C23H29N5O3S/c1-16-18-20(24-13-17-5-4-10-31-17)26-15-27-22(18)32-19(16)21(29)25-14-23(6-2-3-7-23)28-8-11-30-12-9-28/h4-5,10,15H,2-3,6-9,11-14H2,1H3,(H,25,29)(H,24,26,27). The zero-order valence-corrected chi connectivity index (χ0v) is 19.2. The lowest BCUT2D eigenvalue weighted by Gasteiger charge is -2.43. The summed E-state index contributed by atoms with van der Waals surface area (Å²) in [5.74, 6) is 1.52. The van der Waals surface area contributed by atoms with Crippen LogP contribution in [0.25, 0.3) is 10.2 Å². The maximum absolute atomic E-state index is 13.2. The number of aromatic nitrogens is 2. The van der Waals surface area contributed by atoms with Crippen LogP contribution in [0.2, 0.25) is 0 Å². The minimum atomic E-state index is -0.0259. The largest absolute Gasteiger partial charge is 0.467 e. The highest BCUT2D eigenvalue weighted by Crippen LogP contribution is 2.36. The molecular weight excluding hydrogens is 426 g/mol. The number of morpholine rings is 1. The van der Waals surface area contributed by atoms with Crippen molar-refractivity contribution in [2.24, 2.45) is 0 Å². The van der Waals surface area contributed by atoms with E-state index in [-0.39, 0.29) is 11.4 Å². The molecule has 3 aromatic rings. The molecule has 0 radical (unpaired) electrons. The first-order valence-electron chi connectivity index (χ1n) is 11.3. The summed E-state index contributed by atoms with van der Waals surface area (Å²) in [5, 5.41) is 7.48. The van der Waals surface area contributed by atoms with Crippen molar-refractivity contribution in [2.45, 2.75) is 44.7 Å². The van der Waals surface area contributed by atoms with Gasteiger partial charge < -0.3 is 19.8 Å². The third-order valence-electron chi connectivity index (χ3n) is 6.74. The number of rotatable bonds is 7. The fourth-order valence-electron chi connectivity index (χ4n) is 5.01. The topological polar surface area (TPSA) is 92.5 Å². The highest BCUT2D eigenvalue weighted by molar-refractivity contribution is 7.20. The maximum Gasteiger partial charge on any atom is 0.261 e. The number of fused-ring (bicyclic) bond motifs is 1. The summed E-state index contributed by atoms with van der Waals surface area (Å²) in [5.41, 5.74) is 0.969. The predicted octanol–water partition coefficient (Wildman–Crippen LogP) is 3.58. The molecule has 8 nitrogen and oxygen atoms in total. The van der Waals surface area contributed by atoms with Gasteiger partial charge in [-0.3, -0.25) is 9.69 Å². The van der Waals surface area contributed by atoms with Crippen LogP contribution in [0.3, 0.4) is 0 Å². The number of aryl methyl sites for hydroxylation is 1. The average Bonchev–Trinajstić information content (AvgIpc) is 3.58. The molecule has 5 rings (SSSR count). The number of anilines is 1. The van der Waals surface area contributed by atoms with Crippen molar-refractivity contribution in [1.29, 1.82) is 0 Å². The van der Waals surface area contributed by atoms with E-state index in [0.717, 1.165) is 66.5 Å². The van der Waals surface area contributed by atoms with E-state index >= 15 is 0 Å². The first kappa shape index (κ1) is 21.4. The SMILES string of the molecule is Cc1c(C(=O)NCC2(N3CCOCC3)CCCC2)sc2ncnc(NCc3ccco3)c12. The third kappa shape index (κ3) is 4.12. The van der Waals surface area contributed by atoms with Crippen LogP contribution in [0.4, 0.5) is 5.82 Å². The summed E-state index contributed by atoms with van der Waals surface area (Å²) in [4.78, 5) is 26.1. The second-order valence-corrected chi connectivity index (χ2v) is 9.60. The summed E-state index contributed by atoms with van der Waals surface area (Å²) in [7, 11) is 0. The first-order valence-corrected chi connectivity index (χ1v) is 12.1. The van der Waals surface area contributed by atoms with E-state index in [2.05, 4.69) is 25.5 Å². The Kier molecular flexibility index (Phi) is 6.12. The summed E-state index contributed by atoms with van der Waals surface area (Å²) >= 11 is 1.43. The maximum atomic E-state index is 13.2. The van der Waals surface area contributed by atoms with Crippen LogP contribution in [-0.2, 0) is 11.3 Å². The molecule has 2 N–H and O–H groups in total. The molecule has 1 saturated carbocycles. The number of carbonyl (C=O) groups is 1. The lowest BCUT2D eigenvalue weighted by atomic mass is 9.94. The van der Waals surface area contributed by atoms with Crippen molar-refractivity contribution >= 4 is 33.3 Å². The molecule has 1 amide bonds. The Morgan fingerprint density at radius 1 is 1.25 bits per heavy atom. The van der Waals surface area contributed by atoms with Crippen LogP contribution in [0.15, 0.2) is 29.1 Å². The molecule has 1 aliphatic heterocycles. The van der Waals surface area contributed by atoms with Crippen LogP contribution in [0, 0.1) is 6.92 Å². The van der Waals surface area contributed by atoms with Crippen molar-refractivity contribution in [3.05, 3.63) is 40.9 Å². The van der Waals surface area contributed by atoms with E-state index in [9.17, 15) is 4.79 Å². The number of nitrogens with zero attached hydrogens (tertiary/aromatic N) is 3. The molecule has 9 heteroatoms. The van der Waals surface area contributed by atoms with Gasteiger partial charge in [0.05, 0.1) is 36.3 Å². The van der Waals surface area contributed by atoms with Gasteiger partial charge in [-0.2, -0.15) is 0 Å². The van der Waals surface area contributed by atoms with Crippen molar-refractivity contribution in [3.8, 4) is 0 Å². The number of nitrogens with one attached hydrogen (secondary N) is 2. The van der Waals surface area contributed by atoms with Gasteiger partial charge in [0.25, 0.3) is 5.91 Å². The Hall–Kier alpha value is -2.49. The van der Waals surface area contributed by atoms with Crippen molar-refractivity contribution < 1.29 is 13.9 Å². The zero-order chi connectivity index (χ0) is 22.0. The summed E-state index contributed by atoms with van der Waals surface area (Å²) < 4.78 is 11.0. The lowest BCUT2D eigenvalue weighted by molar-refractivity contribution is -0.0199. The number of amides is 1. The van der Waals surface area contributed by atoms with Gasteiger partial charge in [0.15, 0.2) is 0 Å². The number of ether oxygens (including phenoxy) is 1. The summed E-state index contributed by atoms with van der Waals surface area (Å²) in [6, 6.07) is 3.77. The van der Waals surface area contributed by atoms with Crippen LogP contribution < -0.4 is 10.6 Å². The van der Waals surface area contributed by atoms with Crippen LogP contribution >= 0.6 is 11.3 Å². The van der Waals surface area contributed by atoms with Crippen molar-refractivity contribution in [1.82, 2.24) is 20.2 Å². The van der Waals surface area contributed by atoms with Gasteiger partial charge in [0, 0.05) is 25.2 Å². The fraction of sp³-hybridized carbons (Fsp3) is 0.522. The molecule has 2 aliphatic rings.